The van der Waals surface area contributed by atoms with Gasteiger partial charge >= 0.3 is 0 Å². The molecule has 1 aliphatic heterocycles. The van der Waals surface area contributed by atoms with E-state index in [4.69, 9.17) is 4.74 Å². The lowest BCUT2D eigenvalue weighted by Crippen LogP contribution is -2.52. The first-order chi connectivity index (χ1) is 15.5. The smallest absolute Gasteiger partial charge is 0.254 e. The SMILES string of the molecule is CC[C@H](C)NC(=O)[C@@H]1c2ccccc2C(=O)N(C2CCCCC2)[C@@H]1c1ccc(OC)cc1. The molecule has 1 heterocycles. The van der Waals surface area contributed by atoms with Gasteiger partial charge in [-0.25, -0.2) is 0 Å². The Bertz CT molecular complexity index is 950. The zero-order valence-electron chi connectivity index (χ0n) is 19.3. The van der Waals surface area contributed by atoms with E-state index in [1.54, 1.807) is 7.11 Å². The fourth-order valence-electron chi connectivity index (χ4n) is 5.18. The van der Waals surface area contributed by atoms with E-state index in [0.29, 0.717) is 5.56 Å². The van der Waals surface area contributed by atoms with Gasteiger partial charge in [-0.05, 0) is 55.5 Å². The van der Waals surface area contributed by atoms with E-state index in [2.05, 4.69) is 12.2 Å². The standard InChI is InChI=1S/C27H34N2O3/c1-4-18(2)28-26(30)24-22-12-8-9-13-23(22)27(31)29(20-10-6-5-7-11-20)25(24)19-14-16-21(32-3)17-15-19/h8-9,12-18,20,24-25H,4-7,10-11H2,1-3H3,(H,28,30)/t18-,24+,25+/m0/s1. The molecule has 2 aromatic rings. The molecule has 2 aromatic carbocycles. The second-order valence-electron chi connectivity index (χ2n) is 9.11. The molecule has 5 heteroatoms. The molecule has 1 fully saturated rings. The van der Waals surface area contributed by atoms with Crippen molar-refractivity contribution >= 4 is 11.8 Å². The highest BCUT2D eigenvalue weighted by Gasteiger charge is 2.46. The van der Waals surface area contributed by atoms with Gasteiger partial charge < -0.3 is 15.0 Å². The Hall–Kier alpha value is -2.82. The number of rotatable bonds is 6. The first-order valence-electron chi connectivity index (χ1n) is 11.9. The third-order valence-electron chi connectivity index (χ3n) is 7.09. The minimum Gasteiger partial charge on any atom is -0.497 e. The summed E-state index contributed by atoms with van der Waals surface area (Å²) in [6, 6.07) is 15.4. The number of hydrogen-bond acceptors (Lipinski definition) is 3. The number of nitrogens with zero attached hydrogens (tertiary/aromatic N) is 1. The van der Waals surface area contributed by atoms with Crippen molar-refractivity contribution in [1.29, 1.82) is 0 Å². The van der Waals surface area contributed by atoms with Crippen LogP contribution < -0.4 is 10.1 Å². The lowest BCUT2D eigenvalue weighted by molar-refractivity contribution is -0.125. The summed E-state index contributed by atoms with van der Waals surface area (Å²) in [5.74, 6) is 0.344. The number of amides is 2. The van der Waals surface area contributed by atoms with Crippen molar-refractivity contribution in [3.05, 3.63) is 65.2 Å². The molecular formula is C27H34N2O3. The average molecular weight is 435 g/mol. The predicted molar refractivity (Wildman–Crippen MR) is 126 cm³/mol. The highest BCUT2D eigenvalue weighted by atomic mass is 16.5. The Morgan fingerprint density at radius 1 is 1.09 bits per heavy atom. The van der Waals surface area contributed by atoms with Crippen LogP contribution in [0.3, 0.4) is 0 Å². The molecule has 0 aromatic heterocycles. The van der Waals surface area contributed by atoms with Crippen LogP contribution in [0.1, 0.15) is 85.8 Å². The molecule has 0 radical (unpaired) electrons. The molecule has 0 unspecified atom stereocenters. The number of nitrogens with one attached hydrogen (secondary N) is 1. The van der Waals surface area contributed by atoms with Gasteiger partial charge in [0.15, 0.2) is 0 Å². The molecule has 2 aliphatic rings. The molecule has 0 bridgehead atoms. The second kappa shape index (κ2) is 9.76. The Morgan fingerprint density at radius 2 is 1.78 bits per heavy atom. The number of carbonyl (C=O) groups is 2. The molecule has 0 spiro atoms. The number of ether oxygens (including phenoxy) is 1. The third-order valence-corrected chi connectivity index (χ3v) is 7.09. The first kappa shape index (κ1) is 22.4. The van der Waals surface area contributed by atoms with Crippen molar-refractivity contribution in [3.63, 3.8) is 0 Å². The minimum absolute atomic E-state index is 0.0130. The van der Waals surface area contributed by atoms with Gasteiger partial charge in [0.2, 0.25) is 5.91 Å². The van der Waals surface area contributed by atoms with E-state index in [-0.39, 0.29) is 29.9 Å². The van der Waals surface area contributed by atoms with Crippen LogP contribution in [0.15, 0.2) is 48.5 Å². The van der Waals surface area contributed by atoms with Crippen LogP contribution in [0.4, 0.5) is 0 Å². The molecule has 4 rings (SSSR count). The molecule has 2 amide bonds. The fourth-order valence-corrected chi connectivity index (χ4v) is 5.18. The third kappa shape index (κ3) is 4.25. The van der Waals surface area contributed by atoms with Crippen LogP contribution in [0.2, 0.25) is 0 Å². The maximum Gasteiger partial charge on any atom is 0.254 e. The Labute approximate surface area is 191 Å². The number of methoxy groups -OCH3 is 1. The summed E-state index contributed by atoms with van der Waals surface area (Å²) in [7, 11) is 1.64. The number of benzene rings is 2. The fraction of sp³-hybridized carbons (Fsp3) is 0.481. The topological polar surface area (TPSA) is 58.6 Å². The van der Waals surface area contributed by atoms with Crippen LogP contribution >= 0.6 is 0 Å². The molecule has 5 nitrogen and oxygen atoms in total. The normalized spacial score (nSPS) is 22.2. The van der Waals surface area contributed by atoms with Gasteiger partial charge in [0.25, 0.3) is 5.91 Å². The zero-order chi connectivity index (χ0) is 22.7. The van der Waals surface area contributed by atoms with Crippen molar-refractivity contribution in [2.75, 3.05) is 7.11 Å². The summed E-state index contributed by atoms with van der Waals surface area (Å²) >= 11 is 0. The first-order valence-corrected chi connectivity index (χ1v) is 11.9. The predicted octanol–water partition coefficient (Wildman–Crippen LogP) is 5.22. The van der Waals surface area contributed by atoms with Gasteiger partial charge in [-0.15, -0.1) is 0 Å². The van der Waals surface area contributed by atoms with E-state index < -0.39 is 5.92 Å². The van der Waals surface area contributed by atoms with Crippen LogP contribution in [0.5, 0.6) is 5.75 Å². The lowest BCUT2D eigenvalue weighted by Gasteiger charge is -2.47. The van der Waals surface area contributed by atoms with E-state index >= 15 is 0 Å². The summed E-state index contributed by atoms with van der Waals surface area (Å²) in [5, 5.41) is 3.20. The average Bonchev–Trinajstić information content (AvgIpc) is 2.84. The van der Waals surface area contributed by atoms with Gasteiger partial charge in [0, 0.05) is 17.6 Å². The Balaban J connectivity index is 1.86. The molecule has 32 heavy (non-hydrogen) atoms. The quantitative estimate of drug-likeness (QED) is 0.678. The molecule has 170 valence electrons. The Morgan fingerprint density at radius 3 is 2.44 bits per heavy atom. The summed E-state index contributed by atoms with van der Waals surface area (Å²) in [6.45, 7) is 4.09. The molecule has 3 atom stereocenters. The number of carbonyl (C=O) groups excluding carboxylic acids is 2. The van der Waals surface area contributed by atoms with Crippen molar-refractivity contribution in [2.24, 2.45) is 0 Å². The van der Waals surface area contributed by atoms with Crippen LogP contribution in [0.25, 0.3) is 0 Å². The van der Waals surface area contributed by atoms with Crippen molar-refractivity contribution in [1.82, 2.24) is 10.2 Å². The van der Waals surface area contributed by atoms with Crippen molar-refractivity contribution in [2.45, 2.75) is 76.4 Å². The monoisotopic (exact) mass is 434 g/mol. The largest absolute Gasteiger partial charge is 0.497 e. The maximum absolute atomic E-state index is 13.8. The highest BCUT2D eigenvalue weighted by molar-refractivity contribution is 6.01. The van der Waals surface area contributed by atoms with E-state index in [1.807, 2.05) is 60.4 Å². The van der Waals surface area contributed by atoms with Gasteiger partial charge in [-0.2, -0.15) is 0 Å². The summed E-state index contributed by atoms with van der Waals surface area (Å²) in [5.41, 5.74) is 2.46. The molecule has 0 saturated heterocycles. The summed E-state index contributed by atoms with van der Waals surface area (Å²) in [6.07, 6.45) is 6.28. The molecule has 1 aliphatic carbocycles. The molecule has 1 N–H and O–H groups in total. The van der Waals surface area contributed by atoms with E-state index in [0.717, 1.165) is 49.0 Å². The number of hydrogen-bond donors (Lipinski definition) is 1. The van der Waals surface area contributed by atoms with Crippen LogP contribution in [-0.2, 0) is 4.79 Å². The van der Waals surface area contributed by atoms with Crippen molar-refractivity contribution in [3.8, 4) is 5.75 Å². The van der Waals surface area contributed by atoms with E-state index in [9.17, 15) is 9.59 Å². The summed E-state index contributed by atoms with van der Waals surface area (Å²) < 4.78 is 5.36. The van der Waals surface area contributed by atoms with Gasteiger partial charge in [-0.3, -0.25) is 9.59 Å². The van der Waals surface area contributed by atoms with Crippen LogP contribution in [0, 0.1) is 0 Å². The second-order valence-corrected chi connectivity index (χ2v) is 9.11. The molecular weight excluding hydrogens is 400 g/mol. The zero-order valence-corrected chi connectivity index (χ0v) is 19.3. The molecule has 1 saturated carbocycles. The van der Waals surface area contributed by atoms with Gasteiger partial charge in [0.05, 0.1) is 19.1 Å². The summed E-state index contributed by atoms with van der Waals surface area (Å²) in [4.78, 5) is 29.6. The highest BCUT2D eigenvalue weighted by Crippen LogP contribution is 2.46. The lowest BCUT2D eigenvalue weighted by atomic mass is 9.77. The van der Waals surface area contributed by atoms with Crippen LogP contribution in [-0.4, -0.2) is 35.9 Å². The van der Waals surface area contributed by atoms with E-state index in [1.165, 1.54) is 6.42 Å². The van der Waals surface area contributed by atoms with Gasteiger partial charge in [-0.1, -0.05) is 56.5 Å². The number of fused-ring (bicyclic) bond motifs is 1. The Kier molecular flexibility index (Phi) is 6.83. The van der Waals surface area contributed by atoms with Crippen molar-refractivity contribution < 1.29 is 14.3 Å². The minimum atomic E-state index is -0.451. The van der Waals surface area contributed by atoms with Gasteiger partial charge in [0.1, 0.15) is 5.75 Å². The maximum atomic E-state index is 13.8.